The van der Waals surface area contributed by atoms with Crippen molar-refractivity contribution in [1.29, 1.82) is 0 Å². The van der Waals surface area contributed by atoms with Gasteiger partial charge < -0.3 is 4.57 Å². The van der Waals surface area contributed by atoms with Gasteiger partial charge in [0.1, 0.15) is 0 Å². The van der Waals surface area contributed by atoms with Crippen LogP contribution in [-0.4, -0.2) is 27.5 Å². The predicted molar refractivity (Wildman–Crippen MR) is 104 cm³/mol. The van der Waals surface area contributed by atoms with Gasteiger partial charge >= 0.3 is 0 Å². The number of likely N-dealkylation sites (N-methyl/N-ethyl adjacent to an activating group) is 1. The zero-order valence-electron chi connectivity index (χ0n) is 15.2. The smallest absolute Gasteiger partial charge is 0.0797 e. The van der Waals surface area contributed by atoms with Crippen LogP contribution >= 0.6 is 11.3 Å². The molecule has 1 aromatic carbocycles. The molecule has 2 aromatic heterocycles. The Kier molecular flexibility index (Phi) is 3.54. The third-order valence-corrected chi connectivity index (χ3v) is 7.38. The summed E-state index contributed by atoms with van der Waals surface area (Å²) in [5.41, 5.74) is 9.20. The van der Waals surface area contributed by atoms with E-state index in [2.05, 4.69) is 53.5 Å². The van der Waals surface area contributed by atoms with E-state index < -0.39 is 0 Å². The lowest BCUT2D eigenvalue weighted by molar-refractivity contribution is 0.222. The van der Waals surface area contributed by atoms with Gasteiger partial charge in [0.05, 0.1) is 11.2 Å². The summed E-state index contributed by atoms with van der Waals surface area (Å²) in [5, 5.41) is 1.49. The van der Waals surface area contributed by atoms with E-state index in [1.807, 2.05) is 5.51 Å². The molecule has 5 rings (SSSR count). The van der Waals surface area contributed by atoms with E-state index in [0.29, 0.717) is 6.04 Å². The van der Waals surface area contributed by atoms with Crippen LogP contribution in [0.2, 0.25) is 0 Å². The van der Waals surface area contributed by atoms with Crippen LogP contribution in [0.15, 0.2) is 23.7 Å². The standard InChI is InChI=1S/C21H25N3S/c1-13-4-6-17-16(10-13)21-18-7-5-15(23(18)3)11-19(21)24(17)9-8-20-14(2)22-12-25-20/h4,6,10,12,15,18H,5,7-9,11H2,1-3H3. The number of fused-ring (bicyclic) bond motifs is 6. The van der Waals surface area contributed by atoms with Crippen LogP contribution in [0.4, 0.5) is 0 Å². The summed E-state index contributed by atoms with van der Waals surface area (Å²) >= 11 is 1.80. The highest BCUT2D eigenvalue weighted by Gasteiger charge is 2.40. The van der Waals surface area contributed by atoms with Crippen molar-refractivity contribution in [3.05, 3.63) is 51.1 Å². The predicted octanol–water partition coefficient (Wildman–Crippen LogP) is 4.65. The van der Waals surface area contributed by atoms with Crippen LogP contribution in [0.5, 0.6) is 0 Å². The Labute approximate surface area is 153 Å². The second-order valence-electron chi connectivity index (χ2n) is 7.76. The molecule has 0 N–H and O–H groups in total. The topological polar surface area (TPSA) is 21.1 Å². The lowest BCUT2D eigenvalue weighted by Gasteiger charge is -2.32. The van der Waals surface area contributed by atoms with Gasteiger partial charge in [0, 0.05) is 52.9 Å². The fraction of sp³-hybridized carbons (Fsp3) is 0.476. The molecule has 2 aliphatic heterocycles. The maximum Gasteiger partial charge on any atom is 0.0797 e. The Hall–Kier alpha value is -1.65. The van der Waals surface area contributed by atoms with Crippen molar-refractivity contribution >= 4 is 22.2 Å². The molecule has 1 saturated heterocycles. The molecule has 0 spiro atoms. The van der Waals surface area contributed by atoms with Crippen molar-refractivity contribution in [3.63, 3.8) is 0 Å². The van der Waals surface area contributed by atoms with Crippen LogP contribution in [0.25, 0.3) is 10.9 Å². The molecule has 3 aromatic rings. The monoisotopic (exact) mass is 351 g/mol. The van der Waals surface area contributed by atoms with Gasteiger partial charge in [0.15, 0.2) is 0 Å². The lowest BCUT2D eigenvalue weighted by Crippen LogP contribution is -2.34. The molecule has 0 radical (unpaired) electrons. The minimum Gasteiger partial charge on any atom is -0.344 e. The molecular formula is C21H25N3S. The molecule has 4 heterocycles. The molecule has 3 nitrogen and oxygen atoms in total. The average Bonchev–Trinajstić information content (AvgIpc) is 3.19. The van der Waals surface area contributed by atoms with E-state index in [4.69, 9.17) is 0 Å². The van der Waals surface area contributed by atoms with Gasteiger partial charge in [-0.05, 0) is 51.4 Å². The second kappa shape index (κ2) is 5.68. The number of aryl methyl sites for hydroxylation is 4. The SMILES string of the molecule is Cc1ccc2c(c1)c1c(n2CCc2scnc2C)CC2CCC1N2C. The maximum absolute atomic E-state index is 4.42. The summed E-state index contributed by atoms with van der Waals surface area (Å²) in [5.74, 6) is 0. The van der Waals surface area contributed by atoms with Gasteiger partial charge in [-0.15, -0.1) is 11.3 Å². The van der Waals surface area contributed by atoms with E-state index in [0.717, 1.165) is 19.0 Å². The zero-order chi connectivity index (χ0) is 17.1. The van der Waals surface area contributed by atoms with Crippen LogP contribution < -0.4 is 0 Å². The molecule has 2 unspecified atom stereocenters. The Bertz CT molecular complexity index is 952. The van der Waals surface area contributed by atoms with E-state index in [1.54, 1.807) is 22.6 Å². The Balaban J connectivity index is 1.64. The molecule has 130 valence electrons. The summed E-state index contributed by atoms with van der Waals surface area (Å²) in [7, 11) is 2.32. The quantitative estimate of drug-likeness (QED) is 0.685. The lowest BCUT2D eigenvalue weighted by atomic mass is 9.97. The van der Waals surface area contributed by atoms with Gasteiger partial charge in [0.2, 0.25) is 0 Å². The minimum absolute atomic E-state index is 0.615. The first-order valence-corrected chi connectivity index (χ1v) is 10.2. The third-order valence-electron chi connectivity index (χ3n) is 6.38. The van der Waals surface area contributed by atoms with Crippen LogP contribution in [-0.2, 0) is 19.4 Å². The van der Waals surface area contributed by atoms with Crippen LogP contribution in [0.1, 0.15) is 46.3 Å². The summed E-state index contributed by atoms with van der Waals surface area (Å²) < 4.78 is 2.63. The third kappa shape index (κ3) is 2.31. The van der Waals surface area contributed by atoms with Gasteiger partial charge in [0.25, 0.3) is 0 Å². The van der Waals surface area contributed by atoms with Gasteiger partial charge in [-0.25, -0.2) is 4.98 Å². The van der Waals surface area contributed by atoms with Gasteiger partial charge in [-0.2, -0.15) is 0 Å². The molecule has 0 saturated carbocycles. The van der Waals surface area contributed by atoms with E-state index in [1.165, 1.54) is 46.3 Å². The first-order chi connectivity index (χ1) is 12.1. The van der Waals surface area contributed by atoms with Crippen LogP contribution in [0.3, 0.4) is 0 Å². The molecule has 0 aliphatic carbocycles. The summed E-state index contributed by atoms with van der Waals surface area (Å²) in [4.78, 5) is 8.48. The summed E-state index contributed by atoms with van der Waals surface area (Å²) in [6.45, 7) is 5.42. The Morgan fingerprint density at radius 2 is 2.12 bits per heavy atom. The molecule has 1 fully saturated rings. The number of thiazole rings is 1. The van der Waals surface area contributed by atoms with Crippen molar-refractivity contribution in [2.24, 2.45) is 0 Å². The van der Waals surface area contributed by atoms with Gasteiger partial charge in [-0.3, -0.25) is 4.90 Å². The highest BCUT2D eigenvalue weighted by molar-refractivity contribution is 7.09. The van der Waals surface area contributed by atoms with Gasteiger partial charge in [-0.1, -0.05) is 11.6 Å². The van der Waals surface area contributed by atoms with Crippen molar-refractivity contribution < 1.29 is 0 Å². The fourth-order valence-electron chi connectivity index (χ4n) is 5.00. The Morgan fingerprint density at radius 3 is 2.92 bits per heavy atom. The molecule has 2 atom stereocenters. The highest BCUT2D eigenvalue weighted by Crippen LogP contribution is 2.47. The van der Waals surface area contributed by atoms with E-state index in [-0.39, 0.29) is 0 Å². The molecule has 2 bridgehead atoms. The number of hydrogen-bond donors (Lipinski definition) is 0. The first kappa shape index (κ1) is 15.6. The minimum atomic E-state index is 0.615. The number of benzene rings is 1. The number of hydrogen-bond acceptors (Lipinski definition) is 3. The first-order valence-electron chi connectivity index (χ1n) is 9.36. The second-order valence-corrected chi connectivity index (χ2v) is 8.70. The zero-order valence-corrected chi connectivity index (χ0v) is 16.1. The van der Waals surface area contributed by atoms with E-state index >= 15 is 0 Å². The van der Waals surface area contributed by atoms with E-state index in [9.17, 15) is 0 Å². The average molecular weight is 352 g/mol. The van der Waals surface area contributed by atoms with Crippen molar-refractivity contribution in [3.8, 4) is 0 Å². The maximum atomic E-state index is 4.42. The normalized spacial score (nSPS) is 22.7. The van der Waals surface area contributed by atoms with Crippen molar-refractivity contribution in [2.45, 2.75) is 58.2 Å². The Morgan fingerprint density at radius 1 is 1.24 bits per heavy atom. The molecule has 4 heteroatoms. The number of rotatable bonds is 3. The molecule has 0 amide bonds. The number of aromatic nitrogens is 2. The van der Waals surface area contributed by atoms with Crippen molar-refractivity contribution in [1.82, 2.24) is 14.5 Å². The summed E-state index contributed by atoms with van der Waals surface area (Å²) in [6, 6.07) is 8.37. The fourth-order valence-corrected chi connectivity index (χ4v) is 5.77. The van der Waals surface area contributed by atoms with Crippen molar-refractivity contribution in [2.75, 3.05) is 7.05 Å². The molecular weight excluding hydrogens is 326 g/mol. The molecule has 25 heavy (non-hydrogen) atoms. The largest absolute Gasteiger partial charge is 0.344 e. The highest BCUT2D eigenvalue weighted by atomic mass is 32.1. The number of nitrogens with zero attached hydrogens (tertiary/aromatic N) is 3. The summed E-state index contributed by atoms with van der Waals surface area (Å²) in [6.07, 6.45) is 4.95. The van der Waals surface area contributed by atoms with Crippen LogP contribution in [0, 0.1) is 13.8 Å². The molecule has 2 aliphatic rings.